The normalized spacial score (nSPS) is 16.3. The van der Waals surface area contributed by atoms with Crippen LogP contribution in [-0.2, 0) is 0 Å². The van der Waals surface area contributed by atoms with Crippen molar-refractivity contribution in [1.29, 1.82) is 0 Å². The molecule has 2 amide bonds. The number of benzene rings is 1. The largest absolute Gasteiger partial charge is 0.497 e. The molecule has 1 atom stereocenters. The van der Waals surface area contributed by atoms with Crippen molar-refractivity contribution in [3.63, 3.8) is 0 Å². The second kappa shape index (κ2) is 7.90. The number of ether oxygens (including phenoxy) is 2. The van der Waals surface area contributed by atoms with Crippen molar-refractivity contribution in [2.24, 2.45) is 0 Å². The predicted octanol–water partition coefficient (Wildman–Crippen LogP) is 2.24. The van der Waals surface area contributed by atoms with E-state index in [2.05, 4.69) is 15.3 Å². The van der Waals surface area contributed by atoms with Crippen molar-refractivity contribution in [3.05, 3.63) is 36.7 Å². The van der Waals surface area contributed by atoms with E-state index in [1.54, 1.807) is 30.5 Å². The van der Waals surface area contributed by atoms with Gasteiger partial charge in [-0.15, -0.1) is 0 Å². The monoisotopic (exact) mass is 357 g/mol. The summed E-state index contributed by atoms with van der Waals surface area (Å²) in [6, 6.07) is 7.12. The van der Waals surface area contributed by atoms with Crippen LogP contribution >= 0.6 is 0 Å². The Bertz CT molecular complexity index is 768. The predicted molar refractivity (Wildman–Crippen MR) is 99.0 cm³/mol. The first kappa shape index (κ1) is 17.8. The number of rotatable bonds is 5. The second-order valence-electron chi connectivity index (χ2n) is 6.25. The number of hydrogen-bond acceptors (Lipinski definition) is 6. The third-order valence-electron chi connectivity index (χ3n) is 4.10. The molecule has 0 radical (unpaired) electrons. The lowest BCUT2D eigenvalue weighted by molar-refractivity contribution is 0.189. The zero-order valence-electron chi connectivity index (χ0n) is 15.2. The van der Waals surface area contributed by atoms with Crippen molar-refractivity contribution in [2.75, 3.05) is 44.5 Å². The SMILES string of the molecule is COc1cccc(NC(=O)N2CCC(Oc3cncc(N(C)C)n3)C2)c1. The van der Waals surface area contributed by atoms with Gasteiger partial charge in [0.15, 0.2) is 5.82 Å². The van der Waals surface area contributed by atoms with Crippen molar-refractivity contribution >= 4 is 17.5 Å². The molecule has 8 nitrogen and oxygen atoms in total. The average Bonchev–Trinajstić information content (AvgIpc) is 3.10. The van der Waals surface area contributed by atoms with E-state index in [1.807, 2.05) is 37.2 Å². The number of aromatic nitrogens is 2. The molecular weight excluding hydrogens is 334 g/mol. The Kier molecular flexibility index (Phi) is 5.40. The quantitative estimate of drug-likeness (QED) is 0.884. The van der Waals surface area contributed by atoms with Gasteiger partial charge in [0.2, 0.25) is 5.88 Å². The van der Waals surface area contributed by atoms with Crippen LogP contribution in [0.15, 0.2) is 36.7 Å². The highest BCUT2D eigenvalue weighted by molar-refractivity contribution is 5.89. The van der Waals surface area contributed by atoms with Crippen molar-refractivity contribution in [3.8, 4) is 11.6 Å². The topological polar surface area (TPSA) is 79.8 Å². The maximum absolute atomic E-state index is 12.4. The first-order chi connectivity index (χ1) is 12.5. The highest BCUT2D eigenvalue weighted by atomic mass is 16.5. The number of carbonyl (C=O) groups is 1. The maximum Gasteiger partial charge on any atom is 0.321 e. The van der Waals surface area contributed by atoms with Gasteiger partial charge in [0.1, 0.15) is 11.9 Å². The number of likely N-dealkylation sites (tertiary alicyclic amines) is 1. The Balaban J connectivity index is 1.56. The van der Waals surface area contributed by atoms with Gasteiger partial charge in [-0.3, -0.25) is 4.98 Å². The molecule has 2 heterocycles. The third-order valence-corrected chi connectivity index (χ3v) is 4.10. The summed E-state index contributed by atoms with van der Waals surface area (Å²) < 4.78 is 11.1. The molecule has 0 saturated carbocycles. The van der Waals surface area contributed by atoms with Crippen LogP contribution in [0.5, 0.6) is 11.6 Å². The molecule has 3 rings (SSSR count). The van der Waals surface area contributed by atoms with E-state index in [0.29, 0.717) is 30.4 Å². The molecule has 0 aliphatic carbocycles. The van der Waals surface area contributed by atoms with Crippen LogP contribution in [0.4, 0.5) is 16.3 Å². The molecule has 1 N–H and O–H groups in total. The minimum absolute atomic E-state index is 0.0993. The van der Waals surface area contributed by atoms with Crippen LogP contribution in [0.2, 0.25) is 0 Å². The Labute approximate surface area is 152 Å². The smallest absolute Gasteiger partial charge is 0.321 e. The Hall–Kier alpha value is -3.03. The molecule has 1 saturated heterocycles. The number of hydrogen-bond donors (Lipinski definition) is 1. The Morgan fingerprint density at radius 2 is 2.19 bits per heavy atom. The average molecular weight is 357 g/mol. The summed E-state index contributed by atoms with van der Waals surface area (Å²) in [6.45, 7) is 1.13. The number of methoxy groups -OCH3 is 1. The van der Waals surface area contributed by atoms with Gasteiger partial charge in [-0.05, 0) is 12.1 Å². The van der Waals surface area contributed by atoms with E-state index >= 15 is 0 Å². The van der Waals surface area contributed by atoms with Gasteiger partial charge in [-0.1, -0.05) is 6.07 Å². The van der Waals surface area contributed by atoms with Gasteiger partial charge in [-0.25, -0.2) is 4.79 Å². The molecule has 0 spiro atoms. The molecular formula is C18H23N5O3. The first-order valence-corrected chi connectivity index (χ1v) is 8.41. The fourth-order valence-corrected chi connectivity index (χ4v) is 2.69. The lowest BCUT2D eigenvalue weighted by Gasteiger charge is -2.18. The number of nitrogens with zero attached hydrogens (tertiary/aromatic N) is 4. The molecule has 1 aromatic carbocycles. The lowest BCUT2D eigenvalue weighted by atomic mass is 10.3. The molecule has 8 heteroatoms. The van der Waals surface area contributed by atoms with Gasteiger partial charge < -0.3 is 24.6 Å². The molecule has 1 fully saturated rings. The molecule has 1 aliphatic heterocycles. The van der Waals surface area contributed by atoms with Crippen LogP contribution < -0.4 is 19.7 Å². The maximum atomic E-state index is 12.4. The van der Waals surface area contributed by atoms with E-state index in [4.69, 9.17) is 9.47 Å². The molecule has 0 bridgehead atoms. The fourth-order valence-electron chi connectivity index (χ4n) is 2.69. The zero-order valence-corrected chi connectivity index (χ0v) is 15.2. The number of anilines is 2. The van der Waals surface area contributed by atoms with E-state index < -0.39 is 0 Å². The van der Waals surface area contributed by atoms with E-state index in [0.717, 1.165) is 12.2 Å². The summed E-state index contributed by atoms with van der Waals surface area (Å²) in [6.07, 6.45) is 3.92. The summed E-state index contributed by atoms with van der Waals surface area (Å²) in [7, 11) is 5.39. The highest BCUT2D eigenvalue weighted by Gasteiger charge is 2.28. The van der Waals surface area contributed by atoms with Crippen molar-refractivity contribution in [2.45, 2.75) is 12.5 Å². The van der Waals surface area contributed by atoms with Crippen molar-refractivity contribution < 1.29 is 14.3 Å². The molecule has 1 aromatic heterocycles. The van der Waals surface area contributed by atoms with Crippen LogP contribution in [0, 0.1) is 0 Å². The number of amides is 2. The Morgan fingerprint density at radius 1 is 1.35 bits per heavy atom. The summed E-state index contributed by atoms with van der Waals surface area (Å²) in [5.41, 5.74) is 0.697. The van der Waals surface area contributed by atoms with Crippen LogP contribution in [0.3, 0.4) is 0 Å². The molecule has 1 unspecified atom stereocenters. The third kappa shape index (κ3) is 4.33. The summed E-state index contributed by atoms with van der Waals surface area (Å²) in [5, 5.41) is 2.88. The number of nitrogens with one attached hydrogen (secondary N) is 1. The lowest BCUT2D eigenvalue weighted by Crippen LogP contribution is -2.34. The minimum atomic E-state index is -0.155. The van der Waals surface area contributed by atoms with Gasteiger partial charge in [-0.2, -0.15) is 4.98 Å². The molecule has 26 heavy (non-hydrogen) atoms. The molecule has 2 aromatic rings. The first-order valence-electron chi connectivity index (χ1n) is 8.41. The second-order valence-corrected chi connectivity index (χ2v) is 6.25. The molecule has 1 aliphatic rings. The van der Waals surface area contributed by atoms with Gasteiger partial charge in [0, 0.05) is 38.8 Å². The van der Waals surface area contributed by atoms with Gasteiger partial charge in [0.25, 0.3) is 0 Å². The van der Waals surface area contributed by atoms with E-state index in [1.165, 1.54) is 0 Å². The van der Waals surface area contributed by atoms with E-state index in [-0.39, 0.29) is 12.1 Å². The van der Waals surface area contributed by atoms with Crippen LogP contribution in [-0.4, -0.2) is 61.3 Å². The Morgan fingerprint density at radius 3 is 2.96 bits per heavy atom. The minimum Gasteiger partial charge on any atom is -0.497 e. The number of urea groups is 1. The molecule has 138 valence electrons. The summed E-state index contributed by atoms with van der Waals surface area (Å²) >= 11 is 0. The zero-order chi connectivity index (χ0) is 18.5. The van der Waals surface area contributed by atoms with Gasteiger partial charge >= 0.3 is 6.03 Å². The van der Waals surface area contributed by atoms with Crippen LogP contribution in [0.25, 0.3) is 0 Å². The van der Waals surface area contributed by atoms with Gasteiger partial charge in [0.05, 0.1) is 26.0 Å². The summed E-state index contributed by atoms with van der Waals surface area (Å²) in [4.78, 5) is 24.6. The van der Waals surface area contributed by atoms with E-state index in [9.17, 15) is 4.79 Å². The summed E-state index contributed by atoms with van der Waals surface area (Å²) in [5.74, 6) is 1.90. The standard InChI is InChI=1S/C18H23N5O3/c1-22(2)16-10-19-11-17(21-16)26-15-7-8-23(12-15)18(24)20-13-5-4-6-14(9-13)25-3/h4-6,9-11,15H,7-8,12H2,1-3H3,(H,20,24). The number of carbonyl (C=O) groups excluding carboxylic acids is 1. The van der Waals surface area contributed by atoms with Crippen LogP contribution in [0.1, 0.15) is 6.42 Å². The van der Waals surface area contributed by atoms with Crippen molar-refractivity contribution in [1.82, 2.24) is 14.9 Å². The fraction of sp³-hybridized carbons (Fsp3) is 0.389. The highest BCUT2D eigenvalue weighted by Crippen LogP contribution is 2.20.